The lowest BCUT2D eigenvalue weighted by Crippen LogP contribution is -2.54. The van der Waals surface area contributed by atoms with E-state index in [4.69, 9.17) is 14.0 Å². The summed E-state index contributed by atoms with van der Waals surface area (Å²) in [5, 5.41) is 38.3. The predicted octanol–water partition coefficient (Wildman–Crippen LogP) is 2.58. The minimum atomic E-state index is -3.69. The molecule has 0 aliphatic carbocycles. The summed E-state index contributed by atoms with van der Waals surface area (Å²) in [6, 6.07) is 22.7. The number of nitrogens with zero attached hydrogens (tertiary/aromatic N) is 1. The summed E-state index contributed by atoms with van der Waals surface area (Å²) >= 11 is 0. The molecule has 6 rings (SSSR count). The Morgan fingerprint density at radius 1 is 0.639 bits per heavy atom. The molecule has 2 aromatic carbocycles. The van der Waals surface area contributed by atoms with E-state index in [-0.39, 0.29) is 59.0 Å². The number of benzene rings is 2. The molecule has 6 atom stereocenters. The number of carbonyl (C=O) groups is 4. The predicted molar refractivity (Wildman–Crippen MR) is 230 cm³/mol. The van der Waals surface area contributed by atoms with Gasteiger partial charge < -0.3 is 45.0 Å². The lowest BCUT2D eigenvalue weighted by molar-refractivity contribution is -0.119. The Labute approximate surface area is 358 Å². The van der Waals surface area contributed by atoms with Crippen molar-refractivity contribution < 1.29 is 56.6 Å². The van der Waals surface area contributed by atoms with Crippen LogP contribution in [0.4, 0.5) is 10.6 Å². The maximum Gasteiger partial charge on any atom is 0.478 e. The highest BCUT2D eigenvalue weighted by Gasteiger charge is 2.39. The lowest BCUT2D eigenvalue weighted by Gasteiger charge is -2.31. The monoisotopic (exact) mass is 863 g/mol. The van der Waals surface area contributed by atoms with E-state index in [1.165, 1.54) is 32.9 Å². The fourth-order valence-electron chi connectivity index (χ4n) is 6.92. The minimum absolute atomic E-state index is 0.0180. The largest absolute Gasteiger partial charge is 0.478 e. The molecule has 0 unspecified atom stereocenters. The van der Waals surface area contributed by atoms with Crippen molar-refractivity contribution in [2.45, 2.75) is 126 Å². The van der Waals surface area contributed by atoms with Crippen molar-refractivity contribution in [1.82, 2.24) is 20.3 Å². The van der Waals surface area contributed by atoms with Crippen LogP contribution in [-0.4, -0.2) is 109 Å². The zero-order valence-electron chi connectivity index (χ0n) is 34.7. The first-order valence-electron chi connectivity index (χ1n) is 20.4. The van der Waals surface area contributed by atoms with Gasteiger partial charge in [-0.3, -0.25) is 14.4 Å². The Morgan fingerprint density at radius 2 is 1.10 bits per heavy atom. The van der Waals surface area contributed by atoms with Crippen molar-refractivity contribution >= 4 is 60.6 Å². The first kappa shape index (κ1) is 49.2. The van der Waals surface area contributed by atoms with Crippen molar-refractivity contribution in [2.75, 3.05) is 5.32 Å². The fourth-order valence-corrected chi connectivity index (χ4v) is 8.21. The van der Waals surface area contributed by atoms with Crippen LogP contribution in [0.5, 0.6) is 0 Å². The quantitative estimate of drug-likeness (QED) is 0.115. The molecule has 2 amide bonds. The van der Waals surface area contributed by atoms with Crippen molar-refractivity contribution in [3.63, 3.8) is 0 Å². The normalized spacial score (nSPS) is 22.6. The van der Waals surface area contributed by atoms with E-state index in [1.54, 1.807) is 24.4 Å². The summed E-state index contributed by atoms with van der Waals surface area (Å²) < 4.78 is 42.9. The number of aromatic nitrogens is 1. The van der Waals surface area contributed by atoms with Gasteiger partial charge >= 0.3 is 27.4 Å². The summed E-state index contributed by atoms with van der Waals surface area (Å²) in [5.41, 5.74) is 1.000. The molecular formula is C40H56B3N5O12S. The van der Waals surface area contributed by atoms with E-state index < -0.39 is 43.3 Å². The molecule has 61 heavy (non-hydrogen) atoms. The first-order valence-corrected chi connectivity index (χ1v) is 21.9. The summed E-state index contributed by atoms with van der Waals surface area (Å²) in [4.78, 5) is 49.2. The molecule has 1 aromatic heterocycles. The van der Waals surface area contributed by atoms with Gasteiger partial charge in [0.15, 0.2) is 0 Å². The maximum atomic E-state index is 12.2. The first-order chi connectivity index (χ1) is 29.1. The number of rotatable bonds is 14. The number of hydrogen-bond acceptors (Lipinski definition) is 14. The standard InChI is InChI=1S/C15H21BN2O4.C13H18BNO5S.C12H17BN2O3/c1-11(19)9-13-7-8-14(16(21)22-13)18-15(20)17-10-12-5-3-2-4-6-12;1-10(16)9-11-7-8-13(14(17)20-11)15-21(18,19)12-5-3-2-4-6-12;1-9(16)8-10-5-6-11(13(17)18-10)15-12-4-2-3-7-14-12/h2-6,13-14,21H,7-10H2,1H3,(H2,17,18,20);2-6,11,13,15,17H,7-9H2,1H3;2-4,7,10-11,17H,5-6,8H2,1H3,(H,14,15)/t13-,14-;11-,13-;10-,11-/m000/s1. The third-order valence-corrected chi connectivity index (χ3v) is 11.4. The Balaban J connectivity index is 0.000000202. The highest BCUT2D eigenvalue weighted by Crippen LogP contribution is 2.23. The summed E-state index contributed by atoms with van der Waals surface area (Å²) in [7, 11) is -6.92. The van der Waals surface area contributed by atoms with E-state index in [9.17, 15) is 42.7 Å². The Morgan fingerprint density at radius 3 is 1.56 bits per heavy atom. The average Bonchev–Trinajstić information content (AvgIpc) is 3.21. The number of hydrogen-bond donors (Lipinski definition) is 7. The molecule has 17 nitrogen and oxygen atoms in total. The van der Waals surface area contributed by atoms with Crippen LogP contribution >= 0.6 is 0 Å². The highest BCUT2D eigenvalue weighted by atomic mass is 32.2. The molecule has 3 aliphatic heterocycles. The molecule has 3 aromatic rings. The molecule has 7 N–H and O–H groups in total. The second kappa shape index (κ2) is 24.8. The van der Waals surface area contributed by atoms with E-state index in [2.05, 4.69) is 25.7 Å². The van der Waals surface area contributed by atoms with Crippen LogP contribution in [0.2, 0.25) is 0 Å². The molecular weight excluding hydrogens is 807 g/mol. The van der Waals surface area contributed by atoms with Crippen molar-refractivity contribution in [1.29, 1.82) is 0 Å². The number of carbonyl (C=O) groups excluding carboxylic acids is 4. The van der Waals surface area contributed by atoms with E-state index in [0.29, 0.717) is 45.1 Å². The second-order valence-electron chi connectivity index (χ2n) is 15.3. The van der Waals surface area contributed by atoms with Gasteiger partial charge in [-0.1, -0.05) is 54.6 Å². The lowest BCUT2D eigenvalue weighted by atomic mass is 9.72. The van der Waals surface area contributed by atoms with E-state index in [0.717, 1.165) is 24.2 Å². The van der Waals surface area contributed by atoms with Crippen molar-refractivity contribution in [3.8, 4) is 0 Å². The SMILES string of the molecule is CC(=O)C[C@@H]1CC[C@H](NC(=O)NCc2ccccc2)B(O)O1.CC(=O)C[C@@H]1CC[C@H](NS(=O)(=O)c2ccccc2)B(O)O1.CC(=O)C[C@@H]1CC[C@H](Nc2ccccn2)B(O)O1. The smallest absolute Gasteiger partial charge is 0.426 e. The van der Waals surface area contributed by atoms with Crippen LogP contribution in [-0.2, 0) is 44.9 Å². The van der Waals surface area contributed by atoms with Gasteiger partial charge in [0.05, 0.1) is 22.7 Å². The van der Waals surface area contributed by atoms with Gasteiger partial charge in [-0.25, -0.2) is 22.9 Å². The van der Waals surface area contributed by atoms with Crippen LogP contribution in [0.25, 0.3) is 0 Å². The van der Waals surface area contributed by atoms with Gasteiger partial charge in [0, 0.05) is 50.3 Å². The molecule has 0 bridgehead atoms. The number of Topliss-reactive ketones (excluding diaryl/α,β-unsaturated/α-hetero) is 3. The van der Waals surface area contributed by atoms with Gasteiger partial charge in [0.2, 0.25) is 10.0 Å². The Hall–Kier alpha value is -4.47. The molecule has 3 saturated heterocycles. The zero-order valence-corrected chi connectivity index (χ0v) is 35.5. The zero-order chi connectivity index (χ0) is 44.4. The van der Waals surface area contributed by atoms with Crippen LogP contribution < -0.4 is 20.7 Å². The Kier molecular flexibility index (Phi) is 20.0. The molecule has 3 aliphatic rings. The molecule has 328 valence electrons. The third kappa shape index (κ3) is 17.8. The van der Waals surface area contributed by atoms with Gasteiger partial charge in [-0.05, 0) is 89.1 Å². The number of sulfonamides is 1. The van der Waals surface area contributed by atoms with Crippen molar-refractivity contribution in [2.24, 2.45) is 0 Å². The number of ketones is 3. The highest BCUT2D eigenvalue weighted by molar-refractivity contribution is 7.89. The summed E-state index contributed by atoms with van der Waals surface area (Å²) in [6.45, 7) is 4.91. The second-order valence-corrected chi connectivity index (χ2v) is 17.0. The number of urea groups is 1. The maximum absolute atomic E-state index is 12.2. The molecule has 0 spiro atoms. The molecule has 0 radical (unpaired) electrons. The molecule has 0 saturated carbocycles. The van der Waals surface area contributed by atoms with Gasteiger partial charge in [-0.15, -0.1) is 0 Å². The van der Waals surface area contributed by atoms with Gasteiger partial charge in [-0.2, -0.15) is 0 Å². The summed E-state index contributed by atoms with van der Waals surface area (Å²) in [5.74, 6) is -0.529. The number of nitrogens with one attached hydrogen (secondary N) is 4. The van der Waals surface area contributed by atoms with Crippen LogP contribution in [0.1, 0.15) is 84.1 Å². The number of pyridine rings is 1. The van der Waals surface area contributed by atoms with E-state index in [1.807, 2.05) is 48.5 Å². The number of amides is 2. The fraction of sp³-hybridized carbons (Fsp3) is 0.475. The Bertz CT molecular complexity index is 1950. The minimum Gasteiger partial charge on any atom is -0.426 e. The average molecular weight is 863 g/mol. The third-order valence-electron chi connectivity index (χ3n) is 9.94. The van der Waals surface area contributed by atoms with Crippen LogP contribution in [0.15, 0.2) is 90.0 Å². The van der Waals surface area contributed by atoms with Crippen molar-refractivity contribution in [3.05, 3.63) is 90.6 Å². The van der Waals surface area contributed by atoms with Crippen LogP contribution in [0.3, 0.4) is 0 Å². The van der Waals surface area contributed by atoms with Gasteiger partial charge in [0.25, 0.3) is 0 Å². The summed E-state index contributed by atoms with van der Waals surface area (Å²) in [6.07, 6.45) is 5.50. The topological polar surface area (TPSA) is 252 Å². The van der Waals surface area contributed by atoms with Gasteiger partial charge in [0.1, 0.15) is 23.2 Å². The molecule has 4 heterocycles. The van der Waals surface area contributed by atoms with Crippen LogP contribution in [0, 0.1) is 0 Å². The van der Waals surface area contributed by atoms with E-state index >= 15 is 0 Å². The number of anilines is 1. The molecule has 21 heteroatoms. The molecule has 3 fully saturated rings.